The van der Waals surface area contributed by atoms with Crippen LogP contribution in [0.15, 0.2) is 40.1 Å². The molecule has 0 spiro atoms. The molecule has 0 bridgehead atoms. The van der Waals surface area contributed by atoms with Gasteiger partial charge in [0.1, 0.15) is 23.4 Å². The van der Waals surface area contributed by atoms with Crippen molar-refractivity contribution in [2.24, 2.45) is 5.73 Å². The van der Waals surface area contributed by atoms with E-state index in [-0.39, 0.29) is 5.82 Å². The van der Waals surface area contributed by atoms with Crippen molar-refractivity contribution in [1.82, 2.24) is 14.9 Å². The number of nitriles is 1. The van der Waals surface area contributed by atoms with E-state index >= 15 is 0 Å². The molecule has 4 rings (SSSR count). The molecule has 22 heavy (non-hydrogen) atoms. The summed E-state index contributed by atoms with van der Waals surface area (Å²) in [5, 5.41) is 17.7. The minimum absolute atomic E-state index is 0.262. The minimum atomic E-state index is -0.416. The molecule has 0 unspecified atom stereocenters. The predicted octanol–water partition coefficient (Wildman–Crippen LogP) is 1.09. The molecule has 2 aliphatic heterocycles. The zero-order valence-electron chi connectivity index (χ0n) is 11.2. The standard InChI is InChI=1S/C13H10N6O2S/c14-5-10-11(15)18-19-12(16-17-13(19)22-10)9-6-20-7-3-1-2-4-8(7)21-9/h1-4,9,18H,6,15H2/t9-/m0/s1. The van der Waals surface area contributed by atoms with Gasteiger partial charge in [-0.25, -0.2) is 4.68 Å². The van der Waals surface area contributed by atoms with Gasteiger partial charge < -0.3 is 15.2 Å². The fourth-order valence-electron chi connectivity index (χ4n) is 2.21. The van der Waals surface area contributed by atoms with Gasteiger partial charge in [0, 0.05) is 0 Å². The maximum atomic E-state index is 9.00. The van der Waals surface area contributed by atoms with E-state index in [1.165, 1.54) is 0 Å². The van der Waals surface area contributed by atoms with Gasteiger partial charge in [0.25, 0.3) is 0 Å². The molecule has 9 heteroatoms. The Morgan fingerprint density at radius 2 is 2.18 bits per heavy atom. The topological polar surface area (TPSA) is 111 Å². The highest BCUT2D eigenvalue weighted by molar-refractivity contribution is 8.03. The van der Waals surface area contributed by atoms with Crippen molar-refractivity contribution in [3.8, 4) is 17.6 Å². The molecule has 0 saturated carbocycles. The highest BCUT2D eigenvalue weighted by Gasteiger charge is 2.31. The number of para-hydroxylation sites is 2. The number of ether oxygens (including phenoxy) is 2. The second-order valence-electron chi connectivity index (χ2n) is 4.61. The summed E-state index contributed by atoms with van der Waals surface area (Å²) in [6, 6.07) is 9.45. The van der Waals surface area contributed by atoms with Crippen LogP contribution in [0.5, 0.6) is 11.5 Å². The van der Waals surface area contributed by atoms with Crippen LogP contribution in [-0.2, 0) is 0 Å². The molecule has 110 valence electrons. The van der Waals surface area contributed by atoms with Crippen LogP contribution in [0.4, 0.5) is 0 Å². The summed E-state index contributed by atoms with van der Waals surface area (Å²) in [4.78, 5) is 0.359. The number of benzene rings is 1. The average Bonchev–Trinajstić information content (AvgIpc) is 2.96. The van der Waals surface area contributed by atoms with Crippen LogP contribution >= 0.6 is 11.8 Å². The van der Waals surface area contributed by atoms with Gasteiger partial charge in [0.15, 0.2) is 23.4 Å². The number of fused-ring (bicyclic) bond motifs is 2. The Kier molecular flexibility index (Phi) is 2.83. The summed E-state index contributed by atoms with van der Waals surface area (Å²) in [5.41, 5.74) is 8.72. The molecule has 0 fully saturated rings. The fraction of sp³-hybridized carbons (Fsp3) is 0.154. The summed E-state index contributed by atoms with van der Waals surface area (Å²) >= 11 is 1.16. The lowest BCUT2D eigenvalue weighted by molar-refractivity contribution is 0.0828. The van der Waals surface area contributed by atoms with Gasteiger partial charge in [-0.3, -0.25) is 5.43 Å². The van der Waals surface area contributed by atoms with E-state index in [1.807, 2.05) is 30.3 Å². The monoisotopic (exact) mass is 314 g/mol. The maximum absolute atomic E-state index is 9.00. The third-order valence-electron chi connectivity index (χ3n) is 3.23. The van der Waals surface area contributed by atoms with Crippen LogP contribution in [0.1, 0.15) is 11.9 Å². The molecule has 2 aromatic rings. The number of thioether (sulfide) groups is 1. The van der Waals surface area contributed by atoms with E-state index in [0.717, 1.165) is 11.8 Å². The number of nitrogens with zero attached hydrogens (tertiary/aromatic N) is 4. The van der Waals surface area contributed by atoms with E-state index in [1.54, 1.807) is 4.68 Å². The van der Waals surface area contributed by atoms with E-state index < -0.39 is 6.10 Å². The number of hydrogen-bond acceptors (Lipinski definition) is 8. The average molecular weight is 314 g/mol. The molecule has 8 nitrogen and oxygen atoms in total. The number of nitrogens with one attached hydrogen (secondary N) is 1. The van der Waals surface area contributed by atoms with Gasteiger partial charge in [0.2, 0.25) is 5.16 Å². The lowest BCUT2D eigenvalue weighted by atomic mass is 10.2. The highest BCUT2D eigenvalue weighted by atomic mass is 32.2. The van der Waals surface area contributed by atoms with E-state index in [0.29, 0.717) is 34.0 Å². The number of aromatic nitrogens is 3. The Morgan fingerprint density at radius 3 is 3.00 bits per heavy atom. The maximum Gasteiger partial charge on any atom is 0.216 e. The molecule has 1 aromatic heterocycles. The molecular formula is C13H10N6O2S. The summed E-state index contributed by atoms with van der Waals surface area (Å²) < 4.78 is 13.2. The normalized spacial score (nSPS) is 19.1. The molecule has 2 aliphatic rings. The van der Waals surface area contributed by atoms with Gasteiger partial charge in [-0.2, -0.15) is 5.26 Å². The first kappa shape index (κ1) is 12.8. The van der Waals surface area contributed by atoms with E-state index in [9.17, 15) is 0 Å². The zero-order valence-corrected chi connectivity index (χ0v) is 12.0. The number of hydrogen-bond donors (Lipinski definition) is 2. The van der Waals surface area contributed by atoms with Gasteiger partial charge in [-0.05, 0) is 23.9 Å². The summed E-state index contributed by atoms with van der Waals surface area (Å²) in [6.07, 6.45) is -0.416. The third kappa shape index (κ3) is 1.93. The smallest absolute Gasteiger partial charge is 0.216 e. The van der Waals surface area contributed by atoms with Crippen LogP contribution in [0.25, 0.3) is 0 Å². The van der Waals surface area contributed by atoms with Crippen molar-refractivity contribution in [3.63, 3.8) is 0 Å². The van der Waals surface area contributed by atoms with Crippen molar-refractivity contribution in [2.45, 2.75) is 11.3 Å². The fourth-order valence-corrected chi connectivity index (χ4v) is 2.90. The molecule has 0 amide bonds. The molecule has 3 heterocycles. The third-order valence-corrected chi connectivity index (χ3v) is 4.19. The molecule has 1 atom stereocenters. The quantitative estimate of drug-likeness (QED) is 0.804. The van der Waals surface area contributed by atoms with Gasteiger partial charge >= 0.3 is 0 Å². The van der Waals surface area contributed by atoms with Crippen molar-refractivity contribution < 1.29 is 9.47 Å². The first-order valence-electron chi connectivity index (χ1n) is 6.45. The number of rotatable bonds is 1. The number of nitrogens with two attached hydrogens (primary N) is 1. The Morgan fingerprint density at radius 1 is 1.36 bits per heavy atom. The van der Waals surface area contributed by atoms with E-state index in [4.69, 9.17) is 20.5 Å². The van der Waals surface area contributed by atoms with Crippen molar-refractivity contribution in [1.29, 1.82) is 5.26 Å². The summed E-state index contributed by atoms with van der Waals surface area (Å²) in [6.45, 7) is 0.316. The lowest BCUT2D eigenvalue weighted by Gasteiger charge is -2.27. The molecular weight excluding hydrogens is 304 g/mol. The molecule has 0 radical (unpaired) electrons. The van der Waals surface area contributed by atoms with Crippen LogP contribution in [0, 0.1) is 11.3 Å². The Bertz CT molecular complexity index is 824. The van der Waals surface area contributed by atoms with E-state index in [2.05, 4.69) is 15.6 Å². The Balaban J connectivity index is 1.66. The van der Waals surface area contributed by atoms with Crippen LogP contribution in [-0.4, -0.2) is 21.5 Å². The predicted molar refractivity (Wildman–Crippen MR) is 77.4 cm³/mol. The largest absolute Gasteiger partial charge is 0.485 e. The highest BCUT2D eigenvalue weighted by Crippen LogP contribution is 2.37. The minimum Gasteiger partial charge on any atom is -0.485 e. The zero-order chi connectivity index (χ0) is 15.1. The first-order chi connectivity index (χ1) is 10.8. The Labute approximate surface area is 129 Å². The number of allylic oxidation sites excluding steroid dienone is 1. The molecule has 1 aromatic carbocycles. The van der Waals surface area contributed by atoms with Crippen LogP contribution in [0.3, 0.4) is 0 Å². The lowest BCUT2D eigenvalue weighted by Crippen LogP contribution is -2.31. The molecule has 0 aliphatic carbocycles. The van der Waals surface area contributed by atoms with Gasteiger partial charge in [-0.15, -0.1) is 10.2 Å². The molecule has 3 N–H and O–H groups in total. The molecule has 0 saturated heterocycles. The summed E-state index contributed by atoms with van der Waals surface area (Å²) in [5.74, 6) is 2.15. The van der Waals surface area contributed by atoms with Crippen LogP contribution < -0.4 is 20.6 Å². The van der Waals surface area contributed by atoms with Crippen molar-refractivity contribution in [2.75, 3.05) is 12.0 Å². The van der Waals surface area contributed by atoms with Crippen molar-refractivity contribution in [3.05, 3.63) is 40.8 Å². The summed E-state index contributed by atoms with van der Waals surface area (Å²) in [7, 11) is 0. The second-order valence-corrected chi connectivity index (χ2v) is 5.59. The first-order valence-corrected chi connectivity index (χ1v) is 7.26. The second kappa shape index (κ2) is 4.85. The SMILES string of the molecule is N#CC1=C(N)Nn2c(nnc2[C@@H]2COc3ccccc3O2)S1. The Hall–Kier alpha value is -2.86. The van der Waals surface area contributed by atoms with Crippen molar-refractivity contribution >= 4 is 11.8 Å². The van der Waals surface area contributed by atoms with Gasteiger partial charge in [-0.1, -0.05) is 12.1 Å². The van der Waals surface area contributed by atoms with Gasteiger partial charge in [0.05, 0.1) is 0 Å². The van der Waals surface area contributed by atoms with Crippen LogP contribution in [0.2, 0.25) is 0 Å².